The van der Waals surface area contributed by atoms with Gasteiger partial charge in [0.1, 0.15) is 11.9 Å². The third-order valence-electron chi connectivity index (χ3n) is 4.49. The van der Waals surface area contributed by atoms with E-state index in [1.807, 2.05) is 0 Å². The van der Waals surface area contributed by atoms with E-state index in [9.17, 15) is 26.5 Å². The number of ether oxygens (including phenoxy) is 3. The second-order valence-electron chi connectivity index (χ2n) is 7.07. The number of phenolic OH excluding ortho intramolecular Hbond substituents is 1. The van der Waals surface area contributed by atoms with E-state index in [-0.39, 0.29) is 41.6 Å². The molecule has 1 unspecified atom stereocenters. The molecule has 0 aliphatic rings. The van der Waals surface area contributed by atoms with Gasteiger partial charge in [0.15, 0.2) is 23.0 Å². The van der Waals surface area contributed by atoms with Gasteiger partial charge in [0.2, 0.25) is 0 Å². The fourth-order valence-corrected chi connectivity index (χ4v) is 4.25. The lowest BCUT2D eigenvalue weighted by atomic mass is 10.1. The minimum atomic E-state index is -4.37. The van der Waals surface area contributed by atoms with Crippen LogP contribution in [0.4, 0.5) is 0 Å². The maximum Gasteiger partial charge on any atom is 0.268 e. The first-order valence-corrected chi connectivity index (χ1v) is 12.7. The summed E-state index contributed by atoms with van der Waals surface area (Å²) in [5.41, 5.74) is 1.33. The Morgan fingerprint density at radius 1 is 0.844 bits per heavy atom. The van der Waals surface area contributed by atoms with Gasteiger partial charge in [-0.2, -0.15) is 16.8 Å². The standard InChI is InChI=1S/C20H26O10S2/c1-28-19-12-15(5-7-17(19)21)10-16(13-32(25,26)27)30-18-8-6-14(11-20(18)29-2)4-3-9-31(22,23)24/h5-8,11-12,16,21H,3-4,9-10,13H2,1-2H3,(H,22,23,24)(H,25,26,27). The van der Waals surface area contributed by atoms with Crippen LogP contribution in [0.3, 0.4) is 0 Å². The average Bonchev–Trinajstić information content (AvgIpc) is 2.68. The quantitative estimate of drug-likeness (QED) is 0.376. The number of phenols is 1. The molecule has 10 nitrogen and oxygen atoms in total. The highest BCUT2D eigenvalue weighted by molar-refractivity contribution is 7.86. The van der Waals surface area contributed by atoms with E-state index >= 15 is 0 Å². The highest BCUT2D eigenvalue weighted by Gasteiger charge is 2.22. The predicted molar refractivity (Wildman–Crippen MR) is 117 cm³/mol. The molecule has 0 saturated carbocycles. The van der Waals surface area contributed by atoms with Crippen LogP contribution in [0.5, 0.6) is 23.0 Å². The minimum absolute atomic E-state index is 0.0743. The number of rotatable bonds is 12. The van der Waals surface area contributed by atoms with Crippen molar-refractivity contribution in [3.8, 4) is 23.0 Å². The van der Waals surface area contributed by atoms with Crippen molar-refractivity contribution in [2.75, 3.05) is 25.7 Å². The molecule has 0 radical (unpaired) electrons. The second kappa shape index (κ2) is 10.9. The monoisotopic (exact) mass is 490 g/mol. The van der Waals surface area contributed by atoms with Gasteiger partial charge in [-0.05, 0) is 48.2 Å². The molecule has 2 aromatic rings. The number of aryl methyl sites for hydroxylation is 1. The van der Waals surface area contributed by atoms with Crippen LogP contribution in [0.15, 0.2) is 36.4 Å². The van der Waals surface area contributed by atoms with Crippen molar-refractivity contribution in [2.24, 2.45) is 0 Å². The Labute approximate surface area is 187 Å². The fourth-order valence-electron chi connectivity index (χ4n) is 3.08. The van der Waals surface area contributed by atoms with Crippen molar-refractivity contribution in [2.45, 2.75) is 25.4 Å². The molecular formula is C20H26O10S2. The number of hydrogen-bond acceptors (Lipinski definition) is 8. The zero-order valence-electron chi connectivity index (χ0n) is 17.6. The van der Waals surface area contributed by atoms with Crippen LogP contribution in [-0.2, 0) is 33.1 Å². The summed E-state index contributed by atoms with van der Waals surface area (Å²) in [6, 6.07) is 9.35. The molecule has 12 heteroatoms. The first-order valence-electron chi connectivity index (χ1n) is 9.50. The molecule has 0 aromatic heterocycles. The average molecular weight is 491 g/mol. The third-order valence-corrected chi connectivity index (χ3v) is 6.09. The molecule has 0 heterocycles. The molecule has 3 N–H and O–H groups in total. The Morgan fingerprint density at radius 2 is 1.47 bits per heavy atom. The van der Waals surface area contributed by atoms with E-state index in [1.165, 1.54) is 26.4 Å². The molecule has 1 atom stereocenters. The highest BCUT2D eigenvalue weighted by Crippen LogP contribution is 2.31. The van der Waals surface area contributed by atoms with Crippen LogP contribution in [0.25, 0.3) is 0 Å². The summed E-state index contributed by atoms with van der Waals surface area (Å²) in [7, 11) is -5.64. The van der Waals surface area contributed by atoms with Gasteiger partial charge in [0, 0.05) is 6.42 Å². The van der Waals surface area contributed by atoms with Gasteiger partial charge in [-0.25, -0.2) is 0 Å². The summed E-state index contributed by atoms with van der Waals surface area (Å²) in [5, 5.41) is 9.74. The van der Waals surface area contributed by atoms with E-state index in [4.69, 9.17) is 18.8 Å². The first-order chi connectivity index (χ1) is 14.9. The Kier molecular flexibility index (Phi) is 8.73. The van der Waals surface area contributed by atoms with E-state index in [0.29, 0.717) is 12.0 Å². The Bertz CT molecular complexity index is 1130. The topological polar surface area (TPSA) is 157 Å². The summed E-state index contributed by atoms with van der Waals surface area (Å²) < 4.78 is 79.1. The molecule has 0 saturated heterocycles. The number of aromatic hydroxyl groups is 1. The fraction of sp³-hybridized carbons (Fsp3) is 0.400. The van der Waals surface area contributed by atoms with E-state index < -0.39 is 32.1 Å². The van der Waals surface area contributed by atoms with E-state index in [0.717, 1.165) is 5.56 Å². The van der Waals surface area contributed by atoms with Crippen LogP contribution in [0, 0.1) is 0 Å². The maximum absolute atomic E-state index is 11.5. The van der Waals surface area contributed by atoms with Crippen LogP contribution in [-0.4, -0.2) is 62.9 Å². The lowest BCUT2D eigenvalue weighted by Crippen LogP contribution is -2.29. The van der Waals surface area contributed by atoms with Gasteiger partial charge in [-0.15, -0.1) is 0 Å². The van der Waals surface area contributed by atoms with Gasteiger partial charge in [0.05, 0.1) is 20.0 Å². The highest BCUT2D eigenvalue weighted by atomic mass is 32.2. The van der Waals surface area contributed by atoms with Crippen LogP contribution >= 0.6 is 0 Å². The summed E-state index contributed by atoms with van der Waals surface area (Å²) in [6.07, 6.45) is -0.344. The third kappa shape index (κ3) is 8.54. The van der Waals surface area contributed by atoms with Gasteiger partial charge in [-0.1, -0.05) is 12.1 Å². The Morgan fingerprint density at radius 3 is 2.06 bits per heavy atom. The molecule has 32 heavy (non-hydrogen) atoms. The maximum atomic E-state index is 11.5. The van der Waals surface area contributed by atoms with Crippen molar-refractivity contribution in [1.29, 1.82) is 0 Å². The molecule has 0 fully saturated rings. The molecule has 0 amide bonds. The predicted octanol–water partition coefficient (Wildman–Crippen LogP) is 2.11. The van der Waals surface area contributed by atoms with Gasteiger partial charge < -0.3 is 19.3 Å². The molecule has 0 aliphatic carbocycles. The van der Waals surface area contributed by atoms with Crippen LogP contribution in [0.1, 0.15) is 17.5 Å². The molecule has 2 aromatic carbocycles. The lowest BCUT2D eigenvalue weighted by molar-refractivity contribution is 0.211. The minimum Gasteiger partial charge on any atom is -0.504 e. The van der Waals surface area contributed by atoms with Crippen molar-refractivity contribution >= 4 is 20.2 Å². The largest absolute Gasteiger partial charge is 0.504 e. The zero-order valence-corrected chi connectivity index (χ0v) is 19.2. The number of methoxy groups -OCH3 is 2. The van der Waals surface area contributed by atoms with Gasteiger partial charge in [0.25, 0.3) is 20.2 Å². The van der Waals surface area contributed by atoms with Crippen molar-refractivity contribution in [1.82, 2.24) is 0 Å². The Hall–Kier alpha value is -2.54. The summed E-state index contributed by atoms with van der Waals surface area (Å²) in [5.74, 6) is -0.409. The molecule has 0 bridgehead atoms. The van der Waals surface area contributed by atoms with Gasteiger partial charge in [-0.3, -0.25) is 9.11 Å². The molecular weight excluding hydrogens is 464 g/mol. The van der Waals surface area contributed by atoms with Crippen molar-refractivity contribution in [3.63, 3.8) is 0 Å². The van der Waals surface area contributed by atoms with E-state index in [2.05, 4.69) is 0 Å². The molecule has 2 rings (SSSR count). The number of hydrogen-bond donors (Lipinski definition) is 3. The molecule has 0 spiro atoms. The molecule has 0 aliphatic heterocycles. The summed E-state index contributed by atoms with van der Waals surface area (Å²) in [4.78, 5) is 0. The van der Waals surface area contributed by atoms with Gasteiger partial charge >= 0.3 is 0 Å². The SMILES string of the molecule is COc1cc(CC(CS(=O)(=O)O)Oc2ccc(CCCS(=O)(=O)O)cc2OC)ccc1O. The van der Waals surface area contributed by atoms with E-state index in [1.54, 1.807) is 24.3 Å². The van der Waals surface area contributed by atoms with Crippen LogP contribution in [0.2, 0.25) is 0 Å². The van der Waals surface area contributed by atoms with Crippen LogP contribution < -0.4 is 14.2 Å². The smallest absolute Gasteiger partial charge is 0.268 e. The molecule has 178 valence electrons. The zero-order chi connectivity index (χ0) is 23.9. The van der Waals surface area contributed by atoms with Crippen molar-refractivity contribution in [3.05, 3.63) is 47.5 Å². The Balaban J connectivity index is 2.22. The summed E-state index contributed by atoms with van der Waals surface area (Å²) >= 11 is 0. The second-order valence-corrected chi connectivity index (χ2v) is 10.1. The lowest BCUT2D eigenvalue weighted by Gasteiger charge is -2.20. The summed E-state index contributed by atoms with van der Waals surface area (Å²) in [6.45, 7) is 0. The number of benzene rings is 2. The van der Waals surface area contributed by atoms with Crippen molar-refractivity contribution < 1.29 is 45.3 Å². The first kappa shape index (κ1) is 25.7. The normalized spacial score (nSPS) is 12.9.